The van der Waals surface area contributed by atoms with E-state index in [-0.39, 0.29) is 23.5 Å². The molecule has 0 aliphatic rings. The van der Waals surface area contributed by atoms with Crippen molar-refractivity contribution in [3.05, 3.63) is 0 Å². The van der Waals surface area contributed by atoms with Crippen molar-refractivity contribution >= 4 is 35.7 Å². The van der Waals surface area contributed by atoms with Gasteiger partial charge in [-0.05, 0) is 12.2 Å². The van der Waals surface area contributed by atoms with Gasteiger partial charge in [0.1, 0.15) is 0 Å². The van der Waals surface area contributed by atoms with Crippen molar-refractivity contribution in [3.8, 4) is 0 Å². The molecular formula is C3H9ClN4S. The first kappa shape index (κ1) is 11.3. The molecular weight excluding hydrogens is 160 g/mol. The molecule has 0 bridgehead atoms. The third-order valence-electron chi connectivity index (χ3n) is 0.492. The van der Waals surface area contributed by atoms with Gasteiger partial charge in [0.2, 0.25) is 0 Å². The molecule has 54 valence electrons. The number of rotatable bonds is 0. The van der Waals surface area contributed by atoms with Gasteiger partial charge in [-0.2, -0.15) is 0 Å². The molecule has 0 saturated carbocycles. The monoisotopic (exact) mass is 168 g/mol. The van der Waals surface area contributed by atoms with Crippen LogP contribution in [0.1, 0.15) is 0 Å². The lowest BCUT2D eigenvalue weighted by Gasteiger charge is -1.97. The van der Waals surface area contributed by atoms with E-state index in [1.54, 1.807) is 7.05 Å². The first-order valence-electron chi connectivity index (χ1n) is 1.95. The summed E-state index contributed by atoms with van der Waals surface area (Å²) < 4.78 is 0. The summed E-state index contributed by atoms with van der Waals surface area (Å²) in [5.41, 5.74) is 10.2. The van der Waals surface area contributed by atoms with Gasteiger partial charge in [-0.15, -0.1) is 12.4 Å². The zero-order valence-corrected chi connectivity index (χ0v) is 6.55. The van der Waals surface area contributed by atoms with E-state index in [0.29, 0.717) is 0 Å². The third-order valence-corrected chi connectivity index (χ3v) is 0.594. The van der Waals surface area contributed by atoms with Crippen molar-refractivity contribution in [2.24, 2.45) is 16.5 Å². The molecule has 4 nitrogen and oxygen atoms in total. The van der Waals surface area contributed by atoms with E-state index in [0.717, 1.165) is 0 Å². The predicted octanol–water partition coefficient (Wildman–Crippen LogP) is -0.814. The number of nitrogens with two attached hydrogens (primary N) is 2. The third kappa shape index (κ3) is 7.45. The Bertz CT molecular complexity index is 123. The van der Waals surface area contributed by atoms with E-state index < -0.39 is 0 Å². The Kier molecular flexibility index (Phi) is 6.99. The standard InChI is InChI=1S/C3H8N4S.ClH/c1-6-2(4)7-3(5)8;/h1H3,(H5,4,5,6,7,8);1H. The molecule has 0 saturated heterocycles. The van der Waals surface area contributed by atoms with Crippen molar-refractivity contribution in [1.29, 1.82) is 0 Å². The normalized spacial score (nSPS) is 9.67. The highest BCUT2D eigenvalue weighted by molar-refractivity contribution is 7.80. The van der Waals surface area contributed by atoms with Gasteiger partial charge in [0, 0.05) is 7.05 Å². The molecule has 0 rings (SSSR count). The minimum Gasteiger partial charge on any atom is -0.376 e. The lowest BCUT2D eigenvalue weighted by Crippen LogP contribution is -2.39. The Hall–Kier alpha value is -0.550. The maximum Gasteiger partial charge on any atom is 0.194 e. The van der Waals surface area contributed by atoms with Crippen LogP contribution in [0.5, 0.6) is 0 Å². The van der Waals surface area contributed by atoms with Crippen LogP contribution in [0.2, 0.25) is 0 Å². The second kappa shape index (κ2) is 5.58. The maximum atomic E-state index is 5.15. The number of nitrogens with zero attached hydrogens (tertiary/aromatic N) is 1. The number of aliphatic imine (C=N–C) groups is 1. The highest BCUT2D eigenvalue weighted by Crippen LogP contribution is 1.57. The molecule has 5 N–H and O–H groups in total. The van der Waals surface area contributed by atoms with Gasteiger partial charge in [-0.25, -0.2) is 0 Å². The number of hydrogen-bond acceptors (Lipinski definition) is 2. The molecule has 0 aromatic heterocycles. The molecule has 0 fully saturated rings. The van der Waals surface area contributed by atoms with Gasteiger partial charge in [0.05, 0.1) is 0 Å². The van der Waals surface area contributed by atoms with Gasteiger partial charge >= 0.3 is 0 Å². The largest absolute Gasteiger partial charge is 0.376 e. The predicted molar refractivity (Wildman–Crippen MR) is 44.7 cm³/mol. The van der Waals surface area contributed by atoms with Gasteiger partial charge in [-0.1, -0.05) is 0 Å². The first-order valence-corrected chi connectivity index (χ1v) is 2.36. The number of hydrogen-bond donors (Lipinski definition) is 3. The fourth-order valence-corrected chi connectivity index (χ4v) is 0.287. The highest BCUT2D eigenvalue weighted by atomic mass is 35.5. The minimum atomic E-state index is 0. The smallest absolute Gasteiger partial charge is 0.194 e. The van der Waals surface area contributed by atoms with E-state index in [1.165, 1.54) is 0 Å². The molecule has 0 heterocycles. The second-order valence-electron chi connectivity index (χ2n) is 1.10. The van der Waals surface area contributed by atoms with Crippen LogP contribution in [0.3, 0.4) is 0 Å². The van der Waals surface area contributed by atoms with Crippen LogP contribution in [-0.2, 0) is 0 Å². The fourth-order valence-electron chi connectivity index (χ4n) is 0.182. The van der Waals surface area contributed by atoms with Crippen molar-refractivity contribution in [3.63, 3.8) is 0 Å². The maximum absolute atomic E-state index is 5.15. The summed E-state index contributed by atoms with van der Waals surface area (Å²) in [6, 6.07) is 0. The molecule has 0 spiro atoms. The average Bonchev–Trinajstić information content (AvgIpc) is 1.65. The summed E-state index contributed by atoms with van der Waals surface area (Å²) in [6.45, 7) is 0. The van der Waals surface area contributed by atoms with Crippen LogP contribution in [0, 0.1) is 0 Å². The Morgan fingerprint density at radius 2 is 2.00 bits per heavy atom. The molecule has 0 aromatic carbocycles. The summed E-state index contributed by atoms with van der Waals surface area (Å²) in [7, 11) is 1.54. The topological polar surface area (TPSA) is 76.4 Å². The Morgan fingerprint density at radius 3 is 2.11 bits per heavy atom. The number of thiocarbonyl (C=S) groups is 1. The van der Waals surface area contributed by atoms with Gasteiger partial charge in [0.25, 0.3) is 0 Å². The van der Waals surface area contributed by atoms with Crippen LogP contribution in [0.4, 0.5) is 0 Å². The van der Waals surface area contributed by atoms with E-state index in [4.69, 9.17) is 11.5 Å². The molecule has 0 aliphatic heterocycles. The SMILES string of the molecule is CN=C(N)NC(N)=S.Cl. The lowest BCUT2D eigenvalue weighted by molar-refractivity contribution is 1.25. The zero-order valence-electron chi connectivity index (χ0n) is 4.92. The minimum absolute atomic E-state index is 0. The molecule has 0 amide bonds. The zero-order chi connectivity index (χ0) is 6.57. The van der Waals surface area contributed by atoms with Crippen LogP contribution in [0.15, 0.2) is 4.99 Å². The van der Waals surface area contributed by atoms with Crippen molar-refractivity contribution in [2.75, 3.05) is 7.05 Å². The summed E-state index contributed by atoms with van der Waals surface area (Å²) in [5, 5.41) is 2.56. The molecule has 0 aromatic rings. The van der Waals surface area contributed by atoms with Gasteiger partial charge < -0.3 is 16.8 Å². The molecule has 0 aliphatic carbocycles. The lowest BCUT2D eigenvalue weighted by atomic mass is 10.9. The Labute approximate surface area is 65.1 Å². The van der Waals surface area contributed by atoms with Gasteiger partial charge in [-0.3, -0.25) is 4.99 Å². The van der Waals surface area contributed by atoms with Crippen LogP contribution >= 0.6 is 24.6 Å². The quantitative estimate of drug-likeness (QED) is 0.251. The summed E-state index contributed by atoms with van der Waals surface area (Å²) in [4.78, 5) is 3.54. The number of halogens is 1. The van der Waals surface area contributed by atoms with Gasteiger partial charge in [0.15, 0.2) is 11.1 Å². The van der Waals surface area contributed by atoms with Crippen LogP contribution in [0.25, 0.3) is 0 Å². The molecule has 0 atom stereocenters. The highest BCUT2D eigenvalue weighted by Gasteiger charge is 1.86. The number of nitrogens with one attached hydrogen (secondary N) is 1. The summed E-state index contributed by atoms with van der Waals surface area (Å²) in [6.07, 6.45) is 0. The fraction of sp³-hybridized carbons (Fsp3) is 0.333. The Balaban J connectivity index is 0. The molecule has 0 radical (unpaired) electrons. The summed E-state index contributed by atoms with van der Waals surface area (Å²) in [5.74, 6) is 0.234. The number of guanidine groups is 1. The van der Waals surface area contributed by atoms with E-state index in [2.05, 4.69) is 22.5 Å². The summed E-state index contributed by atoms with van der Waals surface area (Å²) >= 11 is 4.44. The van der Waals surface area contributed by atoms with Crippen LogP contribution < -0.4 is 16.8 Å². The molecule has 9 heavy (non-hydrogen) atoms. The van der Waals surface area contributed by atoms with Crippen molar-refractivity contribution in [2.45, 2.75) is 0 Å². The van der Waals surface area contributed by atoms with E-state index in [1.807, 2.05) is 0 Å². The van der Waals surface area contributed by atoms with E-state index in [9.17, 15) is 0 Å². The van der Waals surface area contributed by atoms with E-state index >= 15 is 0 Å². The second-order valence-corrected chi connectivity index (χ2v) is 1.54. The molecule has 0 unspecified atom stereocenters. The Morgan fingerprint density at radius 1 is 1.56 bits per heavy atom. The van der Waals surface area contributed by atoms with Crippen molar-refractivity contribution < 1.29 is 0 Å². The molecule has 6 heteroatoms. The van der Waals surface area contributed by atoms with Crippen molar-refractivity contribution in [1.82, 2.24) is 5.32 Å². The van der Waals surface area contributed by atoms with Crippen LogP contribution in [-0.4, -0.2) is 18.1 Å². The first-order chi connectivity index (χ1) is 3.66. The average molecular weight is 169 g/mol.